The third kappa shape index (κ3) is 3.16. The van der Waals surface area contributed by atoms with Gasteiger partial charge in [0.05, 0.1) is 0 Å². The Bertz CT molecular complexity index is 114. The van der Waals surface area contributed by atoms with E-state index in [4.69, 9.17) is 0 Å². The zero-order valence-electron chi connectivity index (χ0n) is 5.90. The molecule has 0 aliphatic heterocycles. The van der Waals surface area contributed by atoms with Crippen LogP contribution in [0.3, 0.4) is 0 Å². The van der Waals surface area contributed by atoms with Crippen molar-refractivity contribution in [3.8, 4) is 0 Å². The fourth-order valence-electron chi connectivity index (χ4n) is 0.331. The first-order chi connectivity index (χ1) is 4.04. The quantitative estimate of drug-likeness (QED) is 0.381. The summed E-state index contributed by atoms with van der Waals surface area (Å²) in [7, 11) is 1.45. The number of rotatable bonds is 2. The van der Waals surface area contributed by atoms with E-state index in [2.05, 4.69) is 22.4 Å². The Hall–Kier alpha value is 1.14. The first-order valence-corrected chi connectivity index (χ1v) is 20.9. The van der Waals surface area contributed by atoms with Crippen molar-refractivity contribution in [2.75, 3.05) is 7.11 Å². The van der Waals surface area contributed by atoms with E-state index < -0.39 is 20.2 Å². The Morgan fingerprint density at radius 1 is 1.67 bits per heavy atom. The molecule has 9 heavy (non-hydrogen) atoms. The summed E-state index contributed by atoms with van der Waals surface area (Å²) in [6.07, 6.45) is 0. The number of halogens is 1. The standard InChI is InChI=1S/C5H9O2.Hg.HI/c1-4(2)5(6)7-3;;/h1-3H3;;1H/q;+1;/p-1. The molecule has 0 saturated carbocycles. The summed E-state index contributed by atoms with van der Waals surface area (Å²) in [5.41, 5.74) is 0. The summed E-state index contributed by atoms with van der Waals surface area (Å²) in [5, 5.41) is 0. The molecule has 0 bridgehead atoms. The van der Waals surface area contributed by atoms with Crippen LogP contribution in [-0.2, 0) is 29.8 Å². The summed E-state index contributed by atoms with van der Waals surface area (Å²) in [6.45, 7) is 3.93. The fourth-order valence-corrected chi connectivity index (χ4v) is 4.05. The topological polar surface area (TPSA) is 26.3 Å². The summed E-state index contributed by atoms with van der Waals surface area (Å²) >= 11 is 1.40. The average molecular weight is 429 g/mol. The molecule has 2 nitrogen and oxygen atoms in total. The van der Waals surface area contributed by atoms with Crippen LogP contribution < -0.4 is 0 Å². The molecular weight excluding hydrogens is 420 g/mol. The summed E-state index contributed by atoms with van der Waals surface area (Å²) in [4.78, 5) is 10.9. The van der Waals surface area contributed by atoms with Gasteiger partial charge in [0.1, 0.15) is 0 Å². The van der Waals surface area contributed by atoms with Gasteiger partial charge < -0.3 is 0 Å². The first kappa shape index (κ1) is 10.1. The Morgan fingerprint density at radius 3 is 2.22 bits per heavy atom. The Kier molecular flexibility index (Phi) is 4.62. The molecule has 0 fully saturated rings. The van der Waals surface area contributed by atoms with Crippen LogP contribution in [0.4, 0.5) is 0 Å². The normalized spacial score (nSPS) is 10.2. The average Bonchev–Trinajstić information content (AvgIpc) is 1.86. The van der Waals surface area contributed by atoms with Crippen LogP contribution in [0.5, 0.6) is 0 Å². The predicted molar refractivity (Wildman–Crippen MR) is 40.1 cm³/mol. The molecule has 0 aromatic carbocycles. The molecule has 4 heteroatoms. The number of hydrogen-bond donors (Lipinski definition) is 0. The van der Waals surface area contributed by atoms with Crippen molar-refractivity contribution in [1.82, 2.24) is 0 Å². The third-order valence-corrected chi connectivity index (χ3v) is 21.5. The van der Waals surface area contributed by atoms with Crippen molar-refractivity contribution in [2.24, 2.45) is 0 Å². The minimum absolute atomic E-state index is 0.0430. The van der Waals surface area contributed by atoms with Gasteiger partial charge in [0, 0.05) is 0 Å². The van der Waals surface area contributed by atoms with Crippen molar-refractivity contribution in [3.63, 3.8) is 0 Å². The summed E-state index contributed by atoms with van der Waals surface area (Å²) in [6, 6.07) is 0. The predicted octanol–water partition coefficient (Wildman–Crippen LogP) is 1.79. The van der Waals surface area contributed by atoms with Gasteiger partial charge >= 0.3 is 77.3 Å². The molecule has 0 radical (unpaired) electrons. The van der Waals surface area contributed by atoms with Crippen molar-refractivity contribution >= 4 is 23.6 Å². The van der Waals surface area contributed by atoms with Gasteiger partial charge in [0.15, 0.2) is 0 Å². The van der Waals surface area contributed by atoms with Crippen molar-refractivity contribution in [3.05, 3.63) is 0 Å². The molecule has 0 saturated heterocycles. The van der Waals surface area contributed by atoms with E-state index in [9.17, 15) is 4.79 Å². The molecule has 0 aromatic rings. The van der Waals surface area contributed by atoms with Crippen LogP contribution in [0.15, 0.2) is 0 Å². The van der Waals surface area contributed by atoms with Crippen LogP contribution in [0.2, 0.25) is 2.92 Å². The van der Waals surface area contributed by atoms with Gasteiger partial charge in [-0.1, -0.05) is 0 Å². The summed E-state index contributed by atoms with van der Waals surface area (Å²) < 4.78 is 4.52. The molecular formula is C5H9HgIO2. The second kappa shape index (κ2) is 4.11. The molecule has 50 valence electrons. The van der Waals surface area contributed by atoms with E-state index in [0.29, 0.717) is 0 Å². The molecule has 0 unspecified atom stereocenters. The molecule has 0 atom stereocenters. The second-order valence-corrected chi connectivity index (χ2v) is 17.1. The van der Waals surface area contributed by atoms with Gasteiger partial charge in [-0.05, 0) is 0 Å². The molecule has 0 N–H and O–H groups in total. The molecule has 0 heterocycles. The van der Waals surface area contributed by atoms with E-state index >= 15 is 0 Å². The third-order valence-electron chi connectivity index (χ3n) is 1.07. The van der Waals surface area contributed by atoms with E-state index in [1.807, 2.05) is 13.8 Å². The number of ether oxygens (including phenoxy) is 1. The minimum atomic E-state index is -0.987. The van der Waals surface area contributed by atoms with Gasteiger partial charge in [0.2, 0.25) is 0 Å². The second-order valence-electron chi connectivity index (χ2n) is 2.51. The van der Waals surface area contributed by atoms with E-state index in [1.54, 1.807) is 0 Å². The first-order valence-electron chi connectivity index (χ1n) is 2.69. The fraction of sp³-hybridized carbons (Fsp3) is 0.800. The SMILES string of the molecule is COC(=O)[C](C)(C)[Hg][I]. The molecule has 0 aliphatic rings. The Morgan fingerprint density at radius 2 is 2.11 bits per heavy atom. The maximum atomic E-state index is 10.9. The molecule has 0 aliphatic carbocycles. The molecule has 0 amide bonds. The van der Waals surface area contributed by atoms with Crippen LogP contribution in [0, 0.1) is 0 Å². The van der Waals surface area contributed by atoms with Crippen LogP contribution in [-0.4, -0.2) is 13.1 Å². The van der Waals surface area contributed by atoms with Crippen molar-refractivity contribution in [2.45, 2.75) is 16.8 Å². The van der Waals surface area contributed by atoms with Crippen molar-refractivity contribution in [1.29, 1.82) is 0 Å². The summed E-state index contributed by atoms with van der Waals surface area (Å²) in [5.74, 6) is -0.0430. The number of hydrogen-bond acceptors (Lipinski definition) is 2. The van der Waals surface area contributed by atoms with Crippen LogP contribution >= 0.6 is 17.7 Å². The monoisotopic (exact) mass is 430 g/mol. The number of carbonyl (C=O) groups excluding carboxylic acids is 1. The Balaban J connectivity index is 3.97. The maximum absolute atomic E-state index is 10.9. The van der Waals surface area contributed by atoms with Gasteiger partial charge in [-0.3, -0.25) is 0 Å². The van der Waals surface area contributed by atoms with Gasteiger partial charge in [0.25, 0.3) is 0 Å². The Labute approximate surface area is 76.5 Å². The number of carbonyl (C=O) groups is 1. The van der Waals surface area contributed by atoms with Gasteiger partial charge in [-0.2, -0.15) is 0 Å². The van der Waals surface area contributed by atoms with E-state index in [-0.39, 0.29) is 8.89 Å². The zero-order valence-corrected chi connectivity index (χ0v) is 13.6. The van der Waals surface area contributed by atoms with Gasteiger partial charge in [-0.25, -0.2) is 0 Å². The van der Waals surface area contributed by atoms with Gasteiger partial charge in [-0.15, -0.1) is 0 Å². The van der Waals surface area contributed by atoms with Crippen LogP contribution in [0.1, 0.15) is 13.8 Å². The van der Waals surface area contributed by atoms with Crippen LogP contribution in [0.25, 0.3) is 0 Å². The molecule has 0 aromatic heterocycles. The molecule has 0 rings (SSSR count). The number of methoxy groups -OCH3 is 1. The van der Waals surface area contributed by atoms with Crippen molar-refractivity contribution < 1.29 is 29.8 Å². The van der Waals surface area contributed by atoms with E-state index in [0.717, 1.165) is 0 Å². The number of esters is 1. The van der Waals surface area contributed by atoms with E-state index in [1.165, 1.54) is 7.11 Å². The molecule has 0 spiro atoms. The zero-order chi connectivity index (χ0) is 7.49.